The summed E-state index contributed by atoms with van der Waals surface area (Å²) >= 11 is 0. The molecule has 1 fully saturated rings. The molecule has 5 heteroatoms. The largest absolute Gasteiger partial charge is 0.351 e. The molecule has 1 aromatic carbocycles. The highest BCUT2D eigenvalue weighted by Gasteiger charge is 2.51. The van der Waals surface area contributed by atoms with Gasteiger partial charge in [0, 0.05) is 17.8 Å². The van der Waals surface area contributed by atoms with Crippen LogP contribution < -0.4 is 10.9 Å². The third kappa shape index (κ3) is 2.91. The SMILES string of the molecule is Cc1cc(C)c(CNC(=O)C2(c3ccc(F)cc3)CC2)c(=O)[nH]1. The predicted molar refractivity (Wildman–Crippen MR) is 85.7 cm³/mol. The van der Waals surface area contributed by atoms with Gasteiger partial charge in [0.2, 0.25) is 5.91 Å². The van der Waals surface area contributed by atoms with Crippen LogP contribution in [0.3, 0.4) is 0 Å². The second kappa shape index (κ2) is 5.65. The van der Waals surface area contributed by atoms with Gasteiger partial charge in [-0.2, -0.15) is 0 Å². The van der Waals surface area contributed by atoms with Crippen molar-refractivity contribution in [2.45, 2.75) is 38.6 Å². The standard InChI is InChI=1S/C18H19FN2O2/c1-11-9-12(2)21-16(22)15(11)10-20-17(23)18(7-8-18)13-3-5-14(19)6-4-13/h3-6,9H,7-8,10H2,1-2H3,(H,20,23)(H,21,22). The summed E-state index contributed by atoms with van der Waals surface area (Å²) in [7, 11) is 0. The summed E-state index contributed by atoms with van der Waals surface area (Å²) in [6.07, 6.45) is 1.49. The Balaban J connectivity index is 1.75. The van der Waals surface area contributed by atoms with Crippen molar-refractivity contribution in [1.82, 2.24) is 10.3 Å². The zero-order chi connectivity index (χ0) is 16.6. The Morgan fingerprint density at radius 3 is 2.48 bits per heavy atom. The Morgan fingerprint density at radius 1 is 1.26 bits per heavy atom. The Labute approximate surface area is 133 Å². The van der Waals surface area contributed by atoms with Crippen LogP contribution in [-0.2, 0) is 16.8 Å². The van der Waals surface area contributed by atoms with E-state index in [2.05, 4.69) is 10.3 Å². The van der Waals surface area contributed by atoms with Gasteiger partial charge < -0.3 is 10.3 Å². The van der Waals surface area contributed by atoms with Crippen molar-refractivity contribution in [1.29, 1.82) is 0 Å². The maximum absolute atomic E-state index is 13.0. The zero-order valence-corrected chi connectivity index (χ0v) is 13.2. The number of hydrogen-bond donors (Lipinski definition) is 2. The van der Waals surface area contributed by atoms with Crippen molar-refractivity contribution in [3.8, 4) is 0 Å². The lowest BCUT2D eigenvalue weighted by Gasteiger charge is -2.16. The molecular formula is C18H19FN2O2. The fraction of sp³-hybridized carbons (Fsp3) is 0.333. The van der Waals surface area contributed by atoms with Crippen molar-refractivity contribution in [2.75, 3.05) is 0 Å². The van der Waals surface area contributed by atoms with Crippen LogP contribution >= 0.6 is 0 Å². The molecule has 1 saturated carbocycles. The Bertz CT molecular complexity index is 805. The summed E-state index contributed by atoms with van der Waals surface area (Å²) in [5.41, 5.74) is 2.31. The number of amides is 1. The van der Waals surface area contributed by atoms with Crippen molar-refractivity contribution in [3.05, 3.63) is 68.9 Å². The molecule has 0 aliphatic heterocycles. The third-order valence-electron chi connectivity index (χ3n) is 4.50. The lowest BCUT2D eigenvalue weighted by atomic mass is 9.95. The normalized spacial score (nSPS) is 15.3. The fourth-order valence-electron chi connectivity index (χ4n) is 2.98. The summed E-state index contributed by atoms with van der Waals surface area (Å²) < 4.78 is 13.0. The number of aryl methyl sites for hydroxylation is 2. The highest BCUT2D eigenvalue weighted by Crippen LogP contribution is 2.48. The van der Waals surface area contributed by atoms with E-state index in [9.17, 15) is 14.0 Å². The van der Waals surface area contributed by atoms with Gasteiger partial charge in [0.05, 0.1) is 5.41 Å². The number of rotatable bonds is 4. The molecule has 3 rings (SSSR count). The van der Waals surface area contributed by atoms with E-state index in [-0.39, 0.29) is 23.8 Å². The van der Waals surface area contributed by atoms with Crippen molar-refractivity contribution < 1.29 is 9.18 Å². The number of halogens is 1. The fourth-order valence-corrected chi connectivity index (χ4v) is 2.98. The molecule has 0 spiro atoms. The molecule has 1 amide bonds. The van der Waals surface area contributed by atoms with E-state index >= 15 is 0 Å². The van der Waals surface area contributed by atoms with Gasteiger partial charge in [-0.15, -0.1) is 0 Å². The molecule has 0 atom stereocenters. The van der Waals surface area contributed by atoms with Crippen LogP contribution in [0, 0.1) is 19.7 Å². The number of hydrogen-bond acceptors (Lipinski definition) is 2. The minimum Gasteiger partial charge on any atom is -0.351 e. The van der Waals surface area contributed by atoms with E-state index in [0.29, 0.717) is 5.56 Å². The summed E-state index contributed by atoms with van der Waals surface area (Å²) in [6.45, 7) is 3.88. The summed E-state index contributed by atoms with van der Waals surface area (Å²) in [4.78, 5) is 27.3. The Hall–Kier alpha value is -2.43. The first-order chi connectivity index (χ1) is 10.9. The number of carbonyl (C=O) groups excluding carboxylic acids is 1. The molecule has 1 heterocycles. The summed E-state index contributed by atoms with van der Waals surface area (Å²) in [5.74, 6) is -0.421. The minimum absolute atomic E-state index is 0.108. The van der Waals surface area contributed by atoms with Crippen LogP contribution in [0.4, 0.5) is 4.39 Å². The number of benzene rings is 1. The number of aromatic nitrogens is 1. The molecule has 1 aromatic heterocycles. The first kappa shape index (κ1) is 15.5. The quantitative estimate of drug-likeness (QED) is 0.911. The number of H-pyrrole nitrogens is 1. The predicted octanol–water partition coefficient (Wildman–Crippen LogP) is 2.48. The minimum atomic E-state index is -0.570. The van der Waals surface area contributed by atoms with E-state index in [1.165, 1.54) is 12.1 Å². The van der Waals surface area contributed by atoms with E-state index in [1.807, 2.05) is 19.9 Å². The van der Waals surface area contributed by atoms with Gasteiger partial charge in [0.15, 0.2) is 0 Å². The average molecular weight is 314 g/mol. The van der Waals surface area contributed by atoms with Crippen LogP contribution in [0.5, 0.6) is 0 Å². The van der Waals surface area contributed by atoms with Gasteiger partial charge >= 0.3 is 0 Å². The Kier molecular flexibility index (Phi) is 3.80. The maximum Gasteiger partial charge on any atom is 0.253 e. The molecule has 23 heavy (non-hydrogen) atoms. The highest BCUT2D eigenvalue weighted by molar-refractivity contribution is 5.91. The molecule has 0 unspecified atom stereocenters. The number of nitrogens with one attached hydrogen (secondary N) is 2. The number of aromatic amines is 1. The van der Waals surface area contributed by atoms with Crippen LogP contribution in [0.2, 0.25) is 0 Å². The molecule has 0 saturated heterocycles. The molecule has 120 valence electrons. The lowest BCUT2D eigenvalue weighted by molar-refractivity contribution is -0.123. The topological polar surface area (TPSA) is 62.0 Å². The van der Waals surface area contributed by atoms with Crippen LogP contribution in [0.15, 0.2) is 35.1 Å². The smallest absolute Gasteiger partial charge is 0.253 e. The van der Waals surface area contributed by atoms with Crippen LogP contribution in [-0.4, -0.2) is 10.9 Å². The monoisotopic (exact) mass is 314 g/mol. The van der Waals surface area contributed by atoms with Gasteiger partial charge in [0.25, 0.3) is 5.56 Å². The molecule has 1 aliphatic carbocycles. The van der Waals surface area contributed by atoms with Gasteiger partial charge in [-0.25, -0.2) is 4.39 Å². The van der Waals surface area contributed by atoms with Crippen molar-refractivity contribution in [2.24, 2.45) is 0 Å². The molecule has 1 aliphatic rings. The number of pyridine rings is 1. The van der Waals surface area contributed by atoms with Gasteiger partial charge in [-0.3, -0.25) is 9.59 Å². The summed E-state index contributed by atoms with van der Waals surface area (Å²) in [5, 5.41) is 2.86. The van der Waals surface area contributed by atoms with Gasteiger partial charge in [-0.05, 0) is 56.0 Å². The van der Waals surface area contributed by atoms with E-state index in [0.717, 1.165) is 29.7 Å². The van der Waals surface area contributed by atoms with Crippen molar-refractivity contribution in [3.63, 3.8) is 0 Å². The molecular weight excluding hydrogens is 295 g/mol. The van der Waals surface area contributed by atoms with E-state index in [1.54, 1.807) is 12.1 Å². The molecule has 0 radical (unpaired) electrons. The van der Waals surface area contributed by atoms with Gasteiger partial charge in [0.1, 0.15) is 5.82 Å². The molecule has 2 aromatic rings. The molecule has 0 bridgehead atoms. The number of carbonyl (C=O) groups is 1. The first-order valence-electron chi connectivity index (χ1n) is 7.66. The van der Waals surface area contributed by atoms with Crippen molar-refractivity contribution >= 4 is 5.91 Å². The average Bonchev–Trinajstić information content (AvgIpc) is 3.28. The second-order valence-electron chi connectivity index (χ2n) is 6.21. The van der Waals surface area contributed by atoms with E-state index < -0.39 is 5.41 Å². The molecule has 2 N–H and O–H groups in total. The van der Waals surface area contributed by atoms with Gasteiger partial charge in [-0.1, -0.05) is 12.1 Å². The zero-order valence-electron chi connectivity index (χ0n) is 13.2. The lowest BCUT2D eigenvalue weighted by Crippen LogP contribution is -2.36. The first-order valence-corrected chi connectivity index (χ1v) is 7.66. The third-order valence-corrected chi connectivity index (χ3v) is 4.50. The molecule has 4 nitrogen and oxygen atoms in total. The van der Waals surface area contributed by atoms with Crippen LogP contribution in [0.1, 0.15) is 35.2 Å². The highest BCUT2D eigenvalue weighted by atomic mass is 19.1. The summed E-state index contributed by atoms with van der Waals surface area (Å²) in [6, 6.07) is 7.95. The second-order valence-corrected chi connectivity index (χ2v) is 6.21. The Morgan fingerprint density at radius 2 is 1.91 bits per heavy atom. The van der Waals surface area contributed by atoms with Crippen LogP contribution in [0.25, 0.3) is 0 Å². The van der Waals surface area contributed by atoms with E-state index in [4.69, 9.17) is 0 Å². The maximum atomic E-state index is 13.0.